The van der Waals surface area contributed by atoms with Crippen LogP contribution in [0, 0.1) is 13.8 Å². The van der Waals surface area contributed by atoms with Crippen LogP contribution in [0.2, 0.25) is 0 Å². The fraction of sp³-hybridized carbons (Fsp3) is 0.219. The molecule has 1 unspecified atom stereocenters. The number of rotatable bonds is 4. The van der Waals surface area contributed by atoms with Crippen molar-refractivity contribution in [2.75, 3.05) is 9.80 Å². The van der Waals surface area contributed by atoms with E-state index in [9.17, 15) is 14.4 Å². The lowest BCUT2D eigenvalue weighted by atomic mass is 9.84. The maximum atomic E-state index is 15.0. The number of hydrogen-bond donors (Lipinski definition) is 0. The number of anilines is 2. The number of carbonyl (C=O) groups is 2. The normalized spacial score (nSPS) is 17.8. The van der Waals surface area contributed by atoms with E-state index >= 15 is 0 Å². The second-order valence-electron chi connectivity index (χ2n) is 11.0. The third-order valence-corrected chi connectivity index (χ3v) is 9.07. The summed E-state index contributed by atoms with van der Waals surface area (Å²) in [6, 6.07) is 20.5. The highest BCUT2D eigenvalue weighted by Crippen LogP contribution is 2.54. The van der Waals surface area contributed by atoms with Crippen molar-refractivity contribution in [1.29, 1.82) is 0 Å². The van der Waals surface area contributed by atoms with E-state index in [0.29, 0.717) is 27.2 Å². The monoisotopic (exact) mass is 562 g/mol. The van der Waals surface area contributed by atoms with Crippen LogP contribution in [-0.2, 0) is 16.9 Å². The maximum absolute atomic E-state index is 15.0. The first-order valence-electron chi connectivity index (χ1n) is 13.4. The third-order valence-electron chi connectivity index (χ3n) is 7.86. The Morgan fingerprint density at radius 3 is 2.39 bits per heavy atom. The fourth-order valence-electron chi connectivity index (χ4n) is 5.86. The summed E-state index contributed by atoms with van der Waals surface area (Å²) in [5, 5.41) is 9.97. The first-order chi connectivity index (χ1) is 19.7. The molecule has 0 N–H and O–H groups in total. The van der Waals surface area contributed by atoms with Crippen LogP contribution in [0.3, 0.4) is 0 Å². The molecule has 5 aromatic rings. The van der Waals surface area contributed by atoms with Crippen LogP contribution >= 0.6 is 11.3 Å². The number of para-hydroxylation sites is 1. The van der Waals surface area contributed by atoms with Gasteiger partial charge in [0.1, 0.15) is 10.6 Å². The molecule has 1 spiro atoms. The van der Waals surface area contributed by atoms with E-state index in [1.165, 1.54) is 16.2 Å². The lowest BCUT2D eigenvalue weighted by Crippen LogP contribution is -2.53. The Hall–Kier alpha value is -4.63. The quantitative estimate of drug-likeness (QED) is 0.273. The molecular formula is C32H26N4O4S. The van der Waals surface area contributed by atoms with Crippen molar-refractivity contribution in [3.05, 3.63) is 116 Å². The molecule has 2 amide bonds. The Balaban J connectivity index is 1.54. The van der Waals surface area contributed by atoms with Gasteiger partial charge in [-0.15, -0.1) is 10.2 Å². The second-order valence-corrected chi connectivity index (χ2v) is 11.9. The molecule has 0 fully saturated rings. The molecule has 9 heteroatoms. The van der Waals surface area contributed by atoms with E-state index in [-0.39, 0.29) is 28.9 Å². The first-order valence-corrected chi connectivity index (χ1v) is 14.3. The molecule has 41 heavy (non-hydrogen) atoms. The molecule has 2 aliphatic rings. The zero-order valence-electron chi connectivity index (χ0n) is 23.0. The van der Waals surface area contributed by atoms with Crippen molar-refractivity contribution in [3.8, 4) is 0 Å². The molecule has 3 aromatic carbocycles. The highest BCUT2D eigenvalue weighted by Gasteiger charge is 2.66. The molecule has 0 radical (unpaired) electrons. The van der Waals surface area contributed by atoms with Crippen LogP contribution in [0.5, 0.6) is 0 Å². The van der Waals surface area contributed by atoms with Crippen molar-refractivity contribution in [2.24, 2.45) is 0 Å². The van der Waals surface area contributed by atoms with E-state index in [4.69, 9.17) is 4.42 Å². The van der Waals surface area contributed by atoms with Crippen LogP contribution in [0.4, 0.5) is 10.8 Å². The minimum atomic E-state index is -1.79. The number of nitrogens with zero attached hydrogens (tertiary/aromatic N) is 4. The first kappa shape index (κ1) is 25.3. The van der Waals surface area contributed by atoms with Crippen molar-refractivity contribution in [1.82, 2.24) is 10.2 Å². The van der Waals surface area contributed by atoms with Gasteiger partial charge >= 0.3 is 0 Å². The highest BCUT2D eigenvalue weighted by molar-refractivity contribution is 7.15. The lowest BCUT2D eigenvalue weighted by Gasteiger charge is -2.32. The van der Waals surface area contributed by atoms with Crippen molar-refractivity contribution in [3.63, 3.8) is 0 Å². The van der Waals surface area contributed by atoms with Crippen LogP contribution < -0.4 is 15.2 Å². The van der Waals surface area contributed by atoms with Crippen molar-refractivity contribution < 1.29 is 14.0 Å². The average Bonchev–Trinajstić information content (AvgIpc) is 3.61. The smallest absolute Gasteiger partial charge is 0.297 e. The predicted octanol–water partition coefficient (Wildman–Crippen LogP) is 5.84. The highest BCUT2D eigenvalue weighted by atomic mass is 32.1. The minimum absolute atomic E-state index is 0.0192. The van der Waals surface area contributed by atoms with Gasteiger partial charge in [-0.2, -0.15) is 0 Å². The zero-order chi connectivity index (χ0) is 28.6. The summed E-state index contributed by atoms with van der Waals surface area (Å²) in [6.45, 7) is 8.13. The van der Waals surface area contributed by atoms with Gasteiger partial charge in [-0.25, -0.2) is 0 Å². The van der Waals surface area contributed by atoms with E-state index in [1.54, 1.807) is 17.0 Å². The van der Waals surface area contributed by atoms with Gasteiger partial charge in [-0.05, 0) is 37.6 Å². The van der Waals surface area contributed by atoms with Crippen LogP contribution in [0.15, 0.2) is 75.9 Å². The van der Waals surface area contributed by atoms with Gasteiger partial charge in [0, 0.05) is 11.5 Å². The SMILES string of the molecule is Cc1ccc(CN2C(=O)C3(c4ccccc42)c2c(oc4ccc(C)cc4c2=O)C(=O)N3c2nnc(C(C)C)s2)cc1. The Morgan fingerprint density at radius 1 is 0.927 bits per heavy atom. The van der Waals surface area contributed by atoms with Gasteiger partial charge in [-0.3, -0.25) is 19.3 Å². The van der Waals surface area contributed by atoms with Crippen LogP contribution in [-0.4, -0.2) is 22.0 Å². The van der Waals surface area contributed by atoms with E-state index < -0.39 is 22.8 Å². The number of aromatic nitrogens is 2. The number of carbonyl (C=O) groups excluding carboxylic acids is 2. The number of fused-ring (bicyclic) bond motifs is 5. The summed E-state index contributed by atoms with van der Waals surface area (Å²) in [7, 11) is 0. The molecule has 1 atom stereocenters. The molecule has 8 nitrogen and oxygen atoms in total. The molecule has 7 rings (SSSR count). The Kier molecular flexibility index (Phi) is 5.53. The van der Waals surface area contributed by atoms with Crippen molar-refractivity contribution in [2.45, 2.75) is 45.7 Å². The standard InChI is InChI=1S/C32H26N4O4S/c1-17(2)28-33-34-31(41-28)36-29(38)27-25(26(37)21-15-19(4)11-14-24(21)40-27)32(36)22-7-5-6-8-23(22)35(30(32)39)16-20-12-9-18(3)10-13-20/h5-15,17H,16H2,1-4H3. The van der Waals surface area contributed by atoms with Crippen molar-refractivity contribution >= 4 is 44.9 Å². The zero-order valence-corrected chi connectivity index (χ0v) is 23.8. The van der Waals surface area contributed by atoms with Crippen LogP contribution in [0.25, 0.3) is 11.0 Å². The fourth-order valence-corrected chi connectivity index (χ4v) is 6.76. The Bertz CT molecular complexity index is 1960. The number of amides is 2. The maximum Gasteiger partial charge on any atom is 0.297 e. The summed E-state index contributed by atoms with van der Waals surface area (Å²) in [5.41, 5.74) is 2.17. The van der Waals surface area contributed by atoms with E-state index in [0.717, 1.165) is 16.7 Å². The summed E-state index contributed by atoms with van der Waals surface area (Å²) in [4.78, 5) is 46.7. The van der Waals surface area contributed by atoms with Gasteiger partial charge in [0.25, 0.3) is 11.8 Å². The van der Waals surface area contributed by atoms with Gasteiger partial charge in [-0.1, -0.05) is 84.8 Å². The van der Waals surface area contributed by atoms with Gasteiger partial charge in [0.2, 0.25) is 10.9 Å². The number of aryl methyl sites for hydroxylation is 2. The topological polar surface area (TPSA) is 96.6 Å². The Labute approximate surface area is 239 Å². The minimum Gasteiger partial charge on any atom is -0.450 e. The van der Waals surface area contributed by atoms with E-state index in [2.05, 4.69) is 10.2 Å². The number of benzene rings is 3. The number of hydrogen-bond acceptors (Lipinski definition) is 7. The van der Waals surface area contributed by atoms with Gasteiger partial charge < -0.3 is 9.32 Å². The largest absolute Gasteiger partial charge is 0.450 e. The molecule has 2 aromatic heterocycles. The molecule has 0 bridgehead atoms. The Morgan fingerprint density at radius 2 is 1.66 bits per heavy atom. The molecule has 0 saturated heterocycles. The lowest BCUT2D eigenvalue weighted by molar-refractivity contribution is -0.121. The summed E-state index contributed by atoms with van der Waals surface area (Å²) >= 11 is 1.24. The third kappa shape index (κ3) is 3.48. The summed E-state index contributed by atoms with van der Waals surface area (Å²) in [6.07, 6.45) is 0. The average molecular weight is 563 g/mol. The van der Waals surface area contributed by atoms with Gasteiger partial charge in [0.15, 0.2) is 11.0 Å². The summed E-state index contributed by atoms with van der Waals surface area (Å²) in [5.74, 6) is -1.08. The van der Waals surface area contributed by atoms with Gasteiger partial charge in [0.05, 0.1) is 23.2 Å². The molecule has 0 saturated carbocycles. The second kappa shape index (κ2) is 8.94. The van der Waals surface area contributed by atoms with Crippen LogP contribution in [0.1, 0.15) is 63.1 Å². The molecule has 204 valence electrons. The summed E-state index contributed by atoms with van der Waals surface area (Å²) < 4.78 is 6.17. The predicted molar refractivity (Wildman–Crippen MR) is 158 cm³/mol. The van der Waals surface area contributed by atoms with E-state index in [1.807, 2.05) is 82.3 Å². The molecule has 4 heterocycles. The molecular weight excluding hydrogens is 536 g/mol. The molecule has 0 aliphatic carbocycles. The molecule has 2 aliphatic heterocycles.